The predicted octanol–water partition coefficient (Wildman–Crippen LogP) is 4.52. The predicted molar refractivity (Wildman–Crippen MR) is 102 cm³/mol. The topological polar surface area (TPSA) is 53.2 Å². The van der Waals surface area contributed by atoms with Crippen molar-refractivity contribution in [2.45, 2.75) is 32.7 Å². The zero-order chi connectivity index (χ0) is 16.2. The van der Waals surface area contributed by atoms with Gasteiger partial charge in [0.15, 0.2) is 0 Å². The number of benzene rings is 2. The molecule has 0 unspecified atom stereocenters. The lowest BCUT2D eigenvalue weighted by atomic mass is 10.0. The number of nitrogens with one attached hydrogen (secondary N) is 3. The highest BCUT2D eigenvalue weighted by Gasteiger charge is 2.10. The molecule has 0 aliphatic carbocycles. The SMILES string of the molecule is CC(C)c1cccc(NC(=O)Nc2ccc3c(c2)CCNC3)c1.Cl. The average molecular weight is 346 g/mol. The van der Waals surface area contributed by atoms with Crippen molar-refractivity contribution in [1.82, 2.24) is 5.32 Å². The van der Waals surface area contributed by atoms with Crippen LogP contribution < -0.4 is 16.0 Å². The quantitative estimate of drug-likeness (QED) is 0.766. The van der Waals surface area contributed by atoms with Crippen molar-refractivity contribution in [1.29, 1.82) is 0 Å². The fourth-order valence-electron chi connectivity index (χ4n) is 2.82. The molecule has 3 N–H and O–H groups in total. The van der Waals surface area contributed by atoms with Gasteiger partial charge in [-0.15, -0.1) is 12.4 Å². The van der Waals surface area contributed by atoms with Crippen molar-refractivity contribution in [3.05, 3.63) is 59.2 Å². The zero-order valence-corrected chi connectivity index (χ0v) is 14.9. The number of carbonyl (C=O) groups excluding carboxylic acids is 1. The van der Waals surface area contributed by atoms with E-state index >= 15 is 0 Å². The van der Waals surface area contributed by atoms with Crippen molar-refractivity contribution in [2.24, 2.45) is 0 Å². The van der Waals surface area contributed by atoms with E-state index in [0.29, 0.717) is 5.92 Å². The molecule has 0 fully saturated rings. The van der Waals surface area contributed by atoms with Crippen LogP contribution in [0.25, 0.3) is 0 Å². The summed E-state index contributed by atoms with van der Waals surface area (Å²) in [6.07, 6.45) is 1.00. The molecule has 0 bridgehead atoms. The van der Waals surface area contributed by atoms with Gasteiger partial charge in [0.2, 0.25) is 0 Å². The van der Waals surface area contributed by atoms with Gasteiger partial charge >= 0.3 is 6.03 Å². The Bertz CT molecular complexity index is 716. The number of hydrogen-bond acceptors (Lipinski definition) is 2. The Morgan fingerprint density at radius 1 is 1.04 bits per heavy atom. The maximum Gasteiger partial charge on any atom is 0.323 e. The first-order valence-electron chi connectivity index (χ1n) is 8.12. The summed E-state index contributed by atoms with van der Waals surface area (Å²) in [6.45, 7) is 6.18. The van der Waals surface area contributed by atoms with Crippen LogP contribution in [0.4, 0.5) is 16.2 Å². The van der Waals surface area contributed by atoms with Crippen LogP contribution in [0.15, 0.2) is 42.5 Å². The number of hydrogen-bond donors (Lipinski definition) is 3. The zero-order valence-electron chi connectivity index (χ0n) is 14.1. The first-order chi connectivity index (χ1) is 11.1. The molecule has 0 spiro atoms. The minimum Gasteiger partial charge on any atom is -0.312 e. The largest absolute Gasteiger partial charge is 0.323 e. The molecular weight excluding hydrogens is 322 g/mol. The van der Waals surface area contributed by atoms with E-state index < -0.39 is 0 Å². The molecule has 2 aromatic rings. The summed E-state index contributed by atoms with van der Waals surface area (Å²) in [6, 6.07) is 13.9. The van der Waals surface area contributed by atoms with Crippen molar-refractivity contribution >= 4 is 29.8 Å². The van der Waals surface area contributed by atoms with Gasteiger partial charge < -0.3 is 16.0 Å². The number of halogens is 1. The summed E-state index contributed by atoms with van der Waals surface area (Å²) < 4.78 is 0. The van der Waals surface area contributed by atoms with Crippen LogP contribution in [0.3, 0.4) is 0 Å². The van der Waals surface area contributed by atoms with E-state index in [2.05, 4.69) is 48.0 Å². The molecule has 1 aliphatic heterocycles. The smallest absolute Gasteiger partial charge is 0.312 e. The lowest BCUT2D eigenvalue weighted by molar-refractivity contribution is 0.262. The van der Waals surface area contributed by atoms with Gasteiger partial charge in [-0.3, -0.25) is 0 Å². The van der Waals surface area contributed by atoms with Gasteiger partial charge in [-0.25, -0.2) is 4.79 Å². The van der Waals surface area contributed by atoms with Crippen LogP contribution >= 0.6 is 12.4 Å². The van der Waals surface area contributed by atoms with E-state index in [1.807, 2.05) is 24.3 Å². The maximum atomic E-state index is 12.2. The van der Waals surface area contributed by atoms with Gasteiger partial charge in [0.1, 0.15) is 0 Å². The molecule has 1 aliphatic rings. The maximum absolute atomic E-state index is 12.2. The molecule has 3 rings (SSSR count). The molecule has 128 valence electrons. The van der Waals surface area contributed by atoms with E-state index in [0.717, 1.165) is 30.9 Å². The number of carbonyl (C=O) groups is 1. The van der Waals surface area contributed by atoms with Crippen LogP contribution in [0.1, 0.15) is 36.5 Å². The number of anilines is 2. The van der Waals surface area contributed by atoms with E-state index in [-0.39, 0.29) is 18.4 Å². The fourth-order valence-corrected chi connectivity index (χ4v) is 2.82. The Balaban J connectivity index is 0.00000208. The highest BCUT2D eigenvalue weighted by Crippen LogP contribution is 2.21. The van der Waals surface area contributed by atoms with E-state index in [1.54, 1.807) is 0 Å². The highest BCUT2D eigenvalue weighted by molar-refractivity contribution is 5.99. The van der Waals surface area contributed by atoms with Crippen molar-refractivity contribution < 1.29 is 4.79 Å². The van der Waals surface area contributed by atoms with Crippen molar-refractivity contribution in [3.8, 4) is 0 Å². The minimum atomic E-state index is -0.209. The first-order valence-corrected chi connectivity index (χ1v) is 8.12. The van der Waals surface area contributed by atoms with Crippen molar-refractivity contribution in [3.63, 3.8) is 0 Å². The second-order valence-electron chi connectivity index (χ2n) is 6.27. The fraction of sp³-hybridized carbons (Fsp3) is 0.316. The highest BCUT2D eigenvalue weighted by atomic mass is 35.5. The van der Waals surface area contributed by atoms with Crippen LogP contribution in [-0.4, -0.2) is 12.6 Å². The summed E-state index contributed by atoms with van der Waals surface area (Å²) in [5, 5.41) is 9.17. The molecule has 2 aromatic carbocycles. The molecule has 0 aromatic heterocycles. The Morgan fingerprint density at radius 3 is 2.54 bits per heavy atom. The lowest BCUT2D eigenvalue weighted by Gasteiger charge is -2.18. The average Bonchev–Trinajstić information content (AvgIpc) is 2.55. The monoisotopic (exact) mass is 345 g/mol. The van der Waals surface area contributed by atoms with Crippen molar-refractivity contribution in [2.75, 3.05) is 17.2 Å². The number of fused-ring (bicyclic) bond motifs is 1. The normalized spacial score (nSPS) is 13.0. The van der Waals surface area contributed by atoms with E-state index in [9.17, 15) is 4.79 Å². The Labute approximate surface area is 149 Å². The summed E-state index contributed by atoms with van der Waals surface area (Å²) in [5.41, 5.74) is 5.48. The third-order valence-corrected chi connectivity index (χ3v) is 4.16. The molecule has 4 nitrogen and oxygen atoms in total. The Kier molecular flexibility index (Phi) is 6.23. The van der Waals surface area contributed by atoms with Gasteiger partial charge in [0, 0.05) is 17.9 Å². The number of urea groups is 1. The summed E-state index contributed by atoms with van der Waals surface area (Å²) >= 11 is 0. The van der Waals surface area contributed by atoms with Crippen LogP contribution in [0.5, 0.6) is 0 Å². The standard InChI is InChI=1S/C19H23N3O.ClH/c1-13(2)14-4-3-5-17(10-14)21-19(23)22-18-7-6-16-12-20-9-8-15(16)11-18;/h3-7,10-11,13,20H,8-9,12H2,1-2H3,(H2,21,22,23);1H. The minimum absolute atomic E-state index is 0. The van der Waals surface area contributed by atoms with Gasteiger partial charge in [-0.2, -0.15) is 0 Å². The van der Waals surface area contributed by atoms with Crippen LogP contribution in [-0.2, 0) is 13.0 Å². The molecule has 0 radical (unpaired) electrons. The second kappa shape index (κ2) is 8.18. The molecule has 24 heavy (non-hydrogen) atoms. The number of amides is 2. The number of rotatable bonds is 3. The van der Waals surface area contributed by atoms with Crippen LogP contribution in [0, 0.1) is 0 Å². The van der Waals surface area contributed by atoms with Gasteiger partial charge in [0.25, 0.3) is 0 Å². The Morgan fingerprint density at radius 2 is 1.79 bits per heavy atom. The molecule has 0 atom stereocenters. The van der Waals surface area contributed by atoms with E-state index in [4.69, 9.17) is 0 Å². The molecular formula is C19H24ClN3O. The third-order valence-electron chi connectivity index (χ3n) is 4.16. The second-order valence-corrected chi connectivity index (χ2v) is 6.27. The molecule has 2 amide bonds. The molecule has 1 heterocycles. The summed E-state index contributed by atoms with van der Waals surface area (Å²) in [5.74, 6) is 0.439. The molecule has 0 saturated carbocycles. The lowest BCUT2D eigenvalue weighted by Crippen LogP contribution is -2.24. The molecule has 0 saturated heterocycles. The van der Waals surface area contributed by atoms with Gasteiger partial charge in [0.05, 0.1) is 0 Å². The Hall–Kier alpha value is -2.04. The van der Waals surface area contributed by atoms with Crippen LogP contribution in [0.2, 0.25) is 0 Å². The summed E-state index contributed by atoms with van der Waals surface area (Å²) in [7, 11) is 0. The van der Waals surface area contributed by atoms with Gasteiger partial charge in [-0.1, -0.05) is 32.0 Å². The third kappa shape index (κ3) is 4.49. The first kappa shape index (κ1) is 18.3. The molecule has 5 heteroatoms. The summed E-state index contributed by atoms with van der Waals surface area (Å²) in [4.78, 5) is 12.2. The van der Waals surface area contributed by atoms with Gasteiger partial charge in [-0.05, 0) is 59.8 Å². The van der Waals surface area contributed by atoms with E-state index in [1.165, 1.54) is 16.7 Å².